The van der Waals surface area contributed by atoms with Gasteiger partial charge in [-0.3, -0.25) is 9.78 Å². The quantitative estimate of drug-likeness (QED) is 0.557. The number of nitrogens with one attached hydrogen (secondary N) is 1. The van der Waals surface area contributed by atoms with Gasteiger partial charge in [-0.15, -0.1) is 12.4 Å². The van der Waals surface area contributed by atoms with Crippen molar-refractivity contribution in [3.05, 3.63) is 28.8 Å². The van der Waals surface area contributed by atoms with Crippen LogP contribution in [0.2, 0.25) is 0 Å². The van der Waals surface area contributed by atoms with Crippen LogP contribution in [0.25, 0.3) is 11.2 Å². The summed E-state index contributed by atoms with van der Waals surface area (Å²) >= 11 is 0. The molecule has 1 aliphatic rings. The topological polar surface area (TPSA) is 130 Å². The Morgan fingerprint density at radius 3 is 2.90 bits per heavy atom. The molecule has 1 aliphatic carbocycles. The molecule has 3 rings (SSSR count). The SMILES string of the molecule is C=C1[C@H](CO)[C@@H](O)C[C@@H]1n1c[15n][13c]2[13c](=O)[nH]c(N)n[13c]21.Cl. The third-order valence-corrected chi connectivity index (χ3v) is 3.82. The number of anilines is 1. The van der Waals surface area contributed by atoms with E-state index in [1.807, 2.05) is 0 Å². The number of H-pyrrole nitrogens is 1. The number of aliphatic hydroxyl groups is 2. The van der Waals surface area contributed by atoms with Gasteiger partial charge in [0.15, 0.2) is 11.2 Å². The third-order valence-electron chi connectivity index (χ3n) is 3.82. The van der Waals surface area contributed by atoms with Gasteiger partial charge in [-0.05, 0) is 12.0 Å². The van der Waals surface area contributed by atoms with E-state index < -0.39 is 11.7 Å². The van der Waals surface area contributed by atoms with E-state index in [2.05, 4.69) is 21.5 Å². The van der Waals surface area contributed by atoms with Crippen molar-refractivity contribution in [1.82, 2.24) is 19.5 Å². The molecule has 114 valence electrons. The molecule has 2 aromatic heterocycles. The van der Waals surface area contributed by atoms with Crippen LogP contribution in [0.3, 0.4) is 0 Å². The molecule has 21 heavy (non-hydrogen) atoms. The highest BCUT2D eigenvalue weighted by Crippen LogP contribution is 2.39. The lowest BCUT2D eigenvalue weighted by atomic mass is 10.0. The Morgan fingerprint density at radius 1 is 1.57 bits per heavy atom. The zero-order valence-corrected chi connectivity index (χ0v) is 11.9. The van der Waals surface area contributed by atoms with E-state index in [0.717, 1.165) is 0 Å². The van der Waals surface area contributed by atoms with Gasteiger partial charge in [-0.25, -0.2) is 4.98 Å². The van der Waals surface area contributed by atoms with Crippen molar-refractivity contribution in [2.45, 2.75) is 18.6 Å². The van der Waals surface area contributed by atoms with Crippen LogP contribution in [0.5, 0.6) is 0 Å². The normalized spacial score (nSPS) is 25.2. The second kappa shape index (κ2) is 5.47. The second-order valence-corrected chi connectivity index (χ2v) is 4.96. The molecule has 5 N–H and O–H groups in total. The number of halogens is 1. The fourth-order valence-electron chi connectivity index (χ4n) is 2.74. The van der Waals surface area contributed by atoms with Crippen molar-refractivity contribution in [2.75, 3.05) is 12.3 Å². The average Bonchev–Trinajstić information content (AvgIpc) is 2.91. The zero-order chi connectivity index (χ0) is 14.4. The maximum absolute atomic E-state index is 11.7. The maximum Gasteiger partial charge on any atom is 0.280 e. The number of aliphatic hydroxyl groups excluding tert-OH is 2. The lowest BCUT2D eigenvalue weighted by molar-refractivity contribution is 0.101. The van der Waals surface area contributed by atoms with Crippen LogP contribution in [0.4, 0.5) is 5.95 Å². The summed E-state index contributed by atoms with van der Waals surface area (Å²) in [6.07, 6.45) is 1.20. The zero-order valence-electron chi connectivity index (χ0n) is 11.1. The molecule has 3 atom stereocenters. The first-order valence-corrected chi connectivity index (χ1v) is 6.23. The number of aromatic amines is 1. The fourth-order valence-corrected chi connectivity index (χ4v) is 2.74. The van der Waals surface area contributed by atoms with Crippen molar-refractivity contribution in [3.63, 3.8) is 0 Å². The molecular formula is C12H16ClN5O3. The van der Waals surface area contributed by atoms with Crippen LogP contribution in [0, 0.1) is 5.92 Å². The number of rotatable bonds is 2. The summed E-state index contributed by atoms with van der Waals surface area (Å²) in [5.41, 5.74) is 6.37. The Labute approximate surface area is 125 Å². The van der Waals surface area contributed by atoms with Crippen molar-refractivity contribution in [1.29, 1.82) is 0 Å². The van der Waals surface area contributed by atoms with Crippen molar-refractivity contribution in [2.24, 2.45) is 5.92 Å². The summed E-state index contributed by atoms with van der Waals surface area (Å²) < 4.78 is 1.67. The molecule has 0 amide bonds. The summed E-state index contributed by atoms with van der Waals surface area (Å²) in [5, 5.41) is 19.2. The first-order chi connectivity index (χ1) is 9.52. The van der Waals surface area contributed by atoms with Gasteiger partial charge in [0.2, 0.25) is 5.95 Å². The van der Waals surface area contributed by atoms with Crippen molar-refractivity contribution >= 4 is 29.5 Å². The molecule has 0 radical (unpaired) electrons. The fraction of sp³-hybridized carbons (Fsp3) is 0.417. The van der Waals surface area contributed by atoms with Gasteiger partial charge in [0.1, 0.15) is 0 Å². The van der Waals surface area contributed by atoms with Crippen LogP contribution >= 0.6 is 12.4 Å². The van der Waals surface area contributed by atoms with Crippen LogP contribution in [-0.2, 0) is 0 Å². The molecule has 0 aliphatic heterocycles. The molecule has 2 heterocycles. The van der Waals surface area contributed by atoms with E-state index in [1.165, 1.54) is 6.33 Å². The van der Waals surface area contributed by atoms with Gasteiger partial charge < -0.3 is 20.5 Å². The maximum atomic E-state index is 11.7. The number of nitrogens with two attached hydrogens (primary N) is 1. The number of nitrogens with zero attached hydrogens (tertiary/aromatic N) is 3. The Kier molecular flexibility index (Phi) is 4.04. The highest BCUT2D eigenvalue weighted by molar-refractivity contribution is 5.85. The molecule has 9 heteroatoms. The van der Waals surface area contributed by atoms with E-state index in [1.54, 1.807) is 4.57 Å². The molecule has 1 fully saturated rings. The Bertz CT molecular complexity index is 740. The molecule has 8 nitrogen and oxygen atoms in total. The smallest absolute Gasteiger partial charge is 0.280 e. The predicted octanol–water partition coefficient (Wildman–Crippen LogP) is -0.406. The first-order valence-electron chi connectivity index (χ1n) is 6.23. The van der Waals surface area contributed by atoms with Crippen LogP contribution in [-0.4, -0.2) is 42.4 Å². The number of hydrogen-bond acceptors (Lipinski definition) is 6. The predicted molar refractivity (Wildman–Crippen MR) is 79.2 cm³/mol. The number of imidazole rings is 1. The van der Waals surface area contributed by atoms with Crippen LogP contribution < -0.4 is 11.3 Å². The molecule has 0 bridgehead atoms. The number of fused-ring (bicyclic) bond motifs is 1. The van der Waals surface area contributed by atoms with E-state index >= 15 is 0 Å². The molecule has 0 aromatic carbocycles. The summed E-state index contributed by atoms with van der Waals surface area (Å²) in [5.74, 6) is -0.371. The number of hydrogen-bond donors (Lipinski definition) is 4. The van der Waals surface area contributed by atoms with Crippen LogP contribution in [0.1, 0.15) is 12.5 Å². The van der Waals surface area contributed by atoms with E-state index in [-0.39, 0.29) is 42.4 Å². The molecule has 0 unspecified atom stereocenters. The molecule has 0 spiro atoms. The molecule has 2 aromatic rings. The second-order valence-electron chi connectivity index (χ2n) is 4.96. The standard InChI is InChI=1S/C12H15N5O3.ClH/c1-5-6(3-18)8(19)2-7(5)17-4-14-9-10(17)15-12(13)16-11(9)20;/h4,6-8,18-19H,1-3H2,(H3,13,15,16,20);1H/t6-,7-,8-;/m0./s1/i9+1,10+1,11+1,14+1;. The van der Waals surface area contributed by atoms with E-state index in [0.29, 0.717) is 17.6 Å². The minimum atomic E-state index is -0.672. The lowest BCUT2D eigenvalue weighted by Crippen LogP contribution is -2.17. The Hall–Kier alpha value is -1.90. The van der Waals surface area contributed by atoms with E-state index in [4.69, 9.17) is 5.73 Å². The first kappa shape index (κ1) is 15.5. The Morgan fingerprint density at radius 2 is 2.29 bits per heavy atom. The summed E-state index contributed by atoms with van der Waals surface area (Å²) in [4.78, 5) is 22.2. The number of aromatic nitrogens is 4. The highest BCUT2D eigenvalue weighted by Gasteiger charge is 2.37. The largest absolute Gasteiger partial charge is 0.396 e. The Balaban J connectivity index is 0.00000161. The van der Waals surface area contributed by atoms with Crippen LogP contribution in [0.15, 0.2) is 23.3 Å². The highest BCUT2D eigenvalue weighted by atomic mass is 35.5. The lowest BCUT2D eigenvalue weighted by Gasteiger charge is -2.15. The molecule has 1 saturated carbocycles. The molecule has 0 saturated heterocycles. The third kappa shape index (κ3) is 2.31. The summed E-state index contributed by atoms with van der Waals surface area (Å²) in [7, 11) is 0. The molecular weight excluding hydrogens is 302 g/mol. The summed E-state index contributed by atoms with van der Waals surface area (Å²) in [6.45, 7) is 3.76. The van der Waals surface area contributed by atoms with Crippen molar-refractivity contribution in [3.8, 4) is 0 Å². The monoisotopic (exact) mass is 317 g/mol. The van der Waals surface area contributed by atoms with Gasteiger partial charge in [0.25, 0.3) is 5.56 Å². The average molecular weight is 318 g/mol. The number of nitrogen functional groups attached to an aromatic ring is 1. The van der Waals surface area contributed by atoms with Gasteiger partial charge in [0, 0.05) is 5.92 Å². The van der Waals surface area contributed by atoms with Gasteiger partial charge in [0.05, 0.1) is 25.1 Å². The van der Waals surface area contributed by atoms with E-state index in [9.17, 15) is 15.0 Å². The summed E-state index contributed by atoms with van der Waals surface area (Å²) in [6, 6.07) is -0.263. The minimum Gasteiger partial charge on any atom is -0.396 e. The van der Waals surface area contributed by atoms with Gasteiger partial charge in [-0.1, -0.05) is 6.58 Å². The van der Waals surface area contributed by atoms with Gasteiger partial charge in [-0.2, -0.15) is 4.98 Å². The minimum absolute atomic E-state index is 0. The van der Waals surface area contributed by atoms with Crippen molar-refractivity contribution < 1.29 is 10.2 Å². The van der Waals surface area contributed by atoms with Gasteiger partial charge >= 0.3 is 0 Å².